The smallest absolute Gasteiger partial charge is 0.119 e. The number of methoxy groups -OCH3 is 1. The van der Waals surface area contributed by atoms with Crippen molar-refractivity contribution in [3.05, 3.63) is 29.3 Å². The van der Waals surface area contributed by atoms with Crippen LogP contribution in [0.25, 0.3) is 0 Å². The summed E-state index contributed by atoms with van der Waals surface area (Å²) < 4.78 is 5.39. The summed E-state index contributed by atoms with van der Waals surface area (Å²) in [4.78, 5) is 2.59. The Labute approximate surface area is 115 Å². The van der Waals surface area contributed by atoms with E-state index in [1.165, 1.54) is 49.8 Å². The Kier molecular flexibility index (Phi) is 3.76. The van der Waals surface area contributed by atoms with E-state index < -0.39 is 0 Å². The van der Waals surface area contributed by atoms with Gasteiger partial charge in [-0.2, -0.15) is 0 Å². The first-order valence-electron chi connectivity index (χ1n) is 7.44. The Balaban J connectivity index is 1.88. The van der Waals surface area contributed by atoms with Gasteiger partial charge in [0.1, 0.15) is 5.75 Å². The monoisotopic (exact) mass is 260 g/mol. The van der Waals surface area contributed by atoms with Crippen LogP contribution in [0.15, 0.2) is 18.2 Å². The summed E-state index contributed by atoms with van der Waals surface area (Å²) in [6.07, 6.45) is 6.16. The van der Waals surface area contributed by atoms with E-state index in [9.17, 15) is 0 Å². The highest BCUT2D eigenvalue weighted by Crippen LogP contribution is 2.37. The van der Waals surface area contributed by atoms with Gasteiger partial charge in [0.05, 0.1) is 7.11 Å². The van der Waals surface area contributed by atoms with E-state index in [4.69, 9.17) is 10.5 Å². The zero-order valence-corrected chi connectivity index (χ0v) is 11.8. The highest BCUT2D eigenvalue weighted by molar-refractivity contribution is 5.39. The van der Waals surface area contributed by atoms with Gasteiger partial charge >= 0.3 is 0 Å². The summed E-state index contributed by atoms with van der Waals surface area (Å²) in [7, 11) is 1.75. The zero-order valence-electron chi connectivity index (χ0n) is 11.8. The molecule has 0 saturated carbocycles. The molecule has 19 heavy (non-hydrogen) atoms. The molecule has 2 aliphatic rings. The molecule has 1 fully saturated rings. The van der Waals surface area contributed by atoms with Gasteiger partial charge in [-0.3, -0.25) is 4.90 Å². The van der Waals surface area contributed by atoms with Crippen LogP contribution in [0.1, 0.15) is 42.9 Å². The fourth-order valence-corrected chi connectivity index (χ4v) is 3.58. The highest BCUT2D eigenvalue weighted by atomic mass is 16.5. The van der Waals surface area contributed by atoms with Gasteiger partial charge in [0.15, 0.2) is 0 Å². The molecule has 0 bridgehead atoms. The van der Waals surface area contributed by atoms with E-state index in [-0.39, 0.29) is 0 Å². The number of piperidine rings is 1. The van der Waals surface area contributed by atoms with Crippen molar-refractivity contribution < 1.29 is 4.74 Å². The predicted molar refractivity (Wildman–Crippen MR) is 77.5 cm³/mol. The quantitative estimate of drug-likeness (QED) is 0.888. The van der Waals surface area contributed by atoms with Crippen LogP contribution in [0.3, 0.4) is 0 Å². The lowest BCUT2D eigenvalue weighted by Gasteiger charge is -2.40. The first-order chi connectivity index (χ1) is 9.28. The topological polar surface area (TPSA) is 38.5 Å². The molecule has 0 amide bonds. The van der Waals surface area contributed by atoms with Crippen molar-refractivity contribution in [1.82, 2.24) is 4.90 Å². The molecule has 3 rings (SSSR count). The molecule has 2 unspecified atom stereocenters. The Morgan fingerprint density at radius 1 is 1.26 bits per heavy atom. The molecule has 2 N–H and O–H groups in total. The molecule has 1 aromatic carbocycles. The molecule has 1 aromatic rings. The number of ether oxygens (including phenoxy) is 1. The minimum Gasteiger partial charge on any atom is -0.497 e. The lowest BCUT2D eigenvalue weighted by atomic mass is 9.85. The number of nitrogens with two attached hydrogens (primary N) is 1. The van der Waals surface area contributed by atoms with Gasteiger partial charge in [-0.05, 0) is 61.9 Å². The molecule has 1 aliphatic heterocycles. The zero-order chi connectivity index (χ0) is 13.2. The van der Waals surface area contributed by atoms with Crippen molar-refractivity contribution in [2.45, 2.75) is 44.2 Å². The number of hydrogen-bond acceptors (Lipinski definition) is 3. The third kappa shape index (κ3) is 2.63. The molecule has 104 valence electrons. The molecular weight excluding hydrogens is 236 g/mol. The maximum atomic E-state index is 6.14. The summed E-state index contributed by atoms with van der Waals surface area (Å²) in [5, 5.41) is 0. The number of aryl methyl sites for hydroxylation is 1. The van der Waals surface area contributed by atoms with Crippen LogP contribution in [0.5, 0.6) is 5.75 Å². The van der Waals surface area contributed by atoms with E-state index in [0.717, 1.165) is 12.3 Å². The largest absolute Gasteiger partial charge is 0.497 e. The van der Waals surface area contributed by atoms with E-state index in [1.54, 1.807) is 7.11 Å². The van der Waals surface area contributed by atoms with Gasteiger partial charge in [0.2, 0.25) is 0 Å². The Bertz CT molecular complexity index is 446. The number of nitrogens with zero attached hydrogens (tertiary/aromatic N) is 1. The van der Waals surface area contributed by atoms with Gasteiger partial charge in [0, 0.05) is 18.6 Å². The van der Waals surface area contributed by atoms with Crippen LogP contribution in [-0.2, 0) is 6.42 Å². The third-order valence-corrected chi connectivity index (χ3v) is 4.57. The number of hydrogen-bond donors (Lipinski definition) is 1. The average Bonchev–Trinajstić information content (AvgIpc) is 2.46. The molecule has 0 spiro atoms. The van der Waals surface area contributed by atoms with Crippen LogP contribution >= 0.6 is 0 Å². The first-order valence-corrected chi connectivity index (χ1v) is 7.44. The van der Waals surface area contributed by atoms with Crippen LogP contribution in [0.2, 0.25) is 0 Å². The maximum Gasteiger partial charge on any atom is 0.119 e. The number of rotatable bonds is 2. The van der Waals surface area contributed by atoms with Crippen molar-refractivity contribution in [2.75, 3.05) is 20.2 Å². The fourth-order valence-electron chi connectivity index (χ4n) is 3.58. The van der Waals surface area contributed by atoms with Gasteiger partial charge in [-0.25, -0.2) is 0 Å². The van der Waals surface area contributed by atoms with Crippen molar-refractivity contribution in [2.24, 2.45) is 5.73 Å². The van der Waals surface area contributed by atoms with Gasteiger partial charge in [-0.15, -0.1) is 0 Å². The summed E-state index contributed by atoms with van der Waals surface area (Å²) in [5.41, 5.74) is 9.11. The van der Waals surface area contributed by atoms with E-state index in [0.29, 0.717) is 12.1 Å². The highest BCUT2D eigenvalue weighted by Gasteiger charge is 2.29. The van der Waals surface area contributed by atoms with Crippen molar-refractivity contribution >= 4 is 0 Å². The minimum atomic E-state index is 0.352. The van der Waals surface area contributed by atoms with Gasteiger partial charge in [-0.1, -0.05) is 6.07 Å². The lowest BCUT2D eigenvalue weighted by Crippen LogP contribution is -2.45. The van der Waals surface area contributed by atoms with Crippen LogP contribution in [-0.4, -0.2) is 31.1 Å². The number of benzene rings is 1. The molecule has 3 heteroatoms. The molecule has 2 atom stereocenters. The Hall–Kier alpha value is -1.06. The van der Waals surface area contributed by atoms with Crippen molar-refractivity contribution in [3.63, 3.8) is 0 Å². The van der Waals surface area contributed by atoms with E-state index in [2.05, 4.69) is 23.1 Å². The predicted octanol–water partition coefficient (Wildman–Crippen LogP) is 2.50. The Morgan fingerprint density at radius 3 is 2.95 bits per heavy atom. The molecule has 0 aromatic heterocycles. The molecule has 1 aliphatic carbocycles. The lowest BCUT2D eigenvalue weighted by molar-refractivity contribution is 0.135. The minimum absolute atomic E-state index is 0.352. The van der Waals surface area contributed by atoms with Crippen LogP contribution in [0, 0.1) is 0 Å². The van der Waals surface area contributed by atoms with Crippen LogP contribution < -0.4 is 10.5 Å². The summed E-state index contributed by atoms with van der Waals surface area (Å²) >= 11 is 0. The fraction of sp³-hybridized carbons (Fsp3) is 0.625. The molecule has 3 nitrogen and oxygen atoms in total. The van der Waals surface area contributed by atoms with E-state index in [1.807, 2.05) is 0 Å². The molecule has 1 heterocycles. The second kappa shape index (κ2) is 5.51. The third-order valence-electron chi connectivity index (χ3n) is 4.57. The van der Waals surface area contributed by atoms with Gasteiger partial charge < -0.3 is 10.5 Å². The second-order valence-corrected chi connectivity index (χ2v) is 5.87. The molecular formula is C16H24N2O. The molecule has 0 radical (unpaired) electrons. The van der Waals surface area contributed by atoms with Gasteiger partial charge in [0.25, 0.3) is 0 Å². The average molecular weight is 260 g/mol. The second-order valence-electron chi connectivity index (χ2n) is 5.87. The SMILES string of the molecule is COc1ccc2c(c1)C(N1CCCC(N)C1)CCC2. The van der Waals surface area contributed by atoms with E-state index >= 15 is 0 Å². The standard InChI is InChI=1S/C16H24N2O/c1-19-14-8-7-12-4-2-6-16(15(12)10-14)18-9-3-5-13(17)11-18/h7-8,10,13,16H,2-6,9,11,17H2,1H3. The number of likely N-dealkylation sites (tertiary alicyclic amines) is 1. The van der Waals surface area contributed by atoms with Crippen molar-refractivity contribution in [1.29, 1.82) is 0 Å². The Morgan fingerprint density at radius 2 is 2.16 bits per heavy atom. The maximum absolute atomic E-state index is 6.14. The summed E-state index contributed by atoms with van der Waals surface area (Å²) in [6.45, 7) is 2.23. The first kappa shape index (κ1) is 12.9. The number of fused-ring (bicyclic) bond motifs is 1. The van der Waals surface area contributed by atoms with Crippen LogP contribution in [0.4, 0.5) is 0 Å². The summed E-state index contributed by atoms with van der Waals surface area (Å²) in [6, 6.07) is 7.46. The summed E-state index contributed by atoms with van der Waals surface area (Å²) in [5.74, 6) is 0.979. The van der Waals surface area contributed by atoms with Crippen molar-refractivity contribution in [3.8, 4) is 5.75 Å². The normalized spacial score (nSPS) is 27.9. The molecule has 1 saturated heterocycles.